The van der Waals surface area contributed by atoms with E-state index in [4.69, 9.17) is 14.3 Å². The predicted molar refractivity (Wildman–Crippen MR) is 224 cm³/mol. The molecule has 0 bridgehead atoms. The predicted octanol–water partition coefficient (Wildman–Crippen LogP) is 4.22. The lowest BCUT2D eigenvalue weighted by molar-refractivity contribution is -0.137. The lowest BCUT2D eigenvalue weighted by atomic mass is 9.77. The van der Waals surface area contributed by atoms with Gasteiger partial charge < -0.3 is 24.5 Å². The first-order chi connectivity index (χ1) is 27.7. The summed E-state index contributed by atoms with van der Waals surface area (Å²) in [7, 11) is -10.6. The van der Waals surface area contributed by atoms with Gasteiger partial charge in [0.05, 0.1) is 35.3 Å². The van der Waals surface area contributed by atoms with Crippen LogP contribution in [0.4, 0.5) is 5.69 Å². The Kier molecular flexibility index (Phi) is 16.2. The van der Waals surface area contributed by atoms with Gasteiger partial charge in [0, 0.05) is 61.7 Å². The molecule has 0 saturated carbocycles. The number of rotatable bonds is 22. The molecule has 0 spiro atoms. The summed E-state index contributed by atoms with van der Waals surface area (Å²) in [4.78, 5) is 26.4. The molecule has 0 aromatic heterocycles. The molecule has 2 aliphatic heterocycles. The van der Waals surface area contributed by atoms with Gasteiger partial charge in [-0.2, -0.15) is 16.8 Å². The minimum atomic E-state index is -4.61. The second kappa shape index (κ2) is 20.2. The Hall–Kier alpha value is -4.40. The number of anilines is 1. The van der Waals surface area contributed by atoms with E-state index in [0.717, 1.165) is 0 Å². The van der Waals surface area contributed by atoms with Crippen LogP contribution in [0.1, 0.15) is 80.3 Å². The van der Waals surface area contributed by atoms with Crippen LogP contribution >= 0.6 is 0 Å². The van der Waals surface area contributed by atoms with Gasteiger partial charge in [-0.15, -0.1) is 0 Å². The van der Waals surface area contributed by atoms with E-state index < -0.39 is 47.2 Å². The fourth-order valence-electron chi connectivity index (χ4n) is 7.35. The SMILES string of the molecule is CC[N+](CCCS(C)(=O)=O)=c1cc2occc(/C=C/C=C3/N(CCCCCC(=O)O)c4ccc(S(=O)(=O)O)cc4C3(C)CCCS(=O)(=O)O)c-2cc1C(=O)NCCOC. The van der Waals surface area contributed by atoms with Crippen molar-refractivity contribution in [2.75, 3.05) is 62.6 Å². The number of allylic oxidation sites excluding steroid dienone is 3. The van der Waals surface area contributed by atoms with Gasteiger partial charge in [0.2, 0.25) is 5.36 Å². The first kappa shape index (κ1) is 47.3. The average molecular weight is 881 g/mol. The highest BCUT2D eigenvalue weighted by atomic mass is 32.2. The van der Waals surface area contributed by atoms with Crippen LogP contribution in [0, 0.1) is 0 Å². The largest absolute Gasteiger partial charge is 0.481 e. The van der Waals surface area contributed by atoms with Crippen molar-refractivity contribution in [2.24, 2.45) is 0 Å². The molecule has 0 saturated heterocycles. The van der Waals surface area contributed by atoms with Gasteiger partial charge >= 0.3 is 5.97 Å². The molecule has 3 aliphatic rings. The first-order valence-electron chi connectivity index (χ1n) is 19.2. The molecule has 4 N–H and O–H groups in total. The smallest absolute Gasteiger partial charge is 0.303 e. The monoisotopic (exact) mass is 880 g/mol. The molecule has 16 nitrogen and oxygen atoms in total. The average Bonchev–Trinajstić information content (AvgIpc) is 3.37. The summed E-state index contributed by atoms with van der Waals surface area (Å²) in [6, 6.07) is 9.41. The standard InChI is InChI=1S/C40H53N3O13S3/c1-5-42(20-11-24-57(4,47)48)35-28-36-31(27-32(35)39(46)41-19-23-55-3)29(17-22-56-36)12-9-13-37-40(2,18-10-25-58(49,50)51)33-26-30(59(52,53)54)15-16-34(33)43(37)21-8-6-7-14-38(44)45/h9,12-13,15-17,22,26-28H,5-8,10-11,14,18-21,23-25H2,1-4H3,(H3-,41,44,45,46,49,50,51,52,53,54)/p+1. The number of fused-ring (bicyclic) bond motifs is 2. The Balaban J connectivity index is 1.87. The Morgan fingerprint density at radius 1 is 0.983 bits per heavy atom. The van der Waals surface area contributed by atoms with Gasteiger partial charge in [0.25, 0.3) is 26.1 Å². The number of unbranched alkanes of at least 4 members (excludes halogenated alkanes) is 2. The van der Waals surface area contributed by atoms with Crippen LogP contribution in [-0.4, -0.2) is 109 Å². The Labute approximate surface area is 346 Å². The molecule has 1 amide bonds. The summed E-state index contributed by atoms with van der Waals surface area (Å²) in [6.07, 6.45) is 10.2. The van der Waals surface area contributed by atoms with Crippen molar-refractivity contribution in [1.82, 2.24) is 9.89 Å². The van der Waals surface area contributed by atoms with Crippen LogP contribution < -0.4 is 20.1 Å². The van der Waals surface area contributed by atoms with Crippen LogP contribution in [0.15, 0.2) is 69.8 Å². The number of carbonyl (C=O) groups excluding carboxylic acids is 1. The summed E-state index contributed by atoms with van der Waals surface area (Å²) in [6.45, 7) is 5.52. The van der Waals surface area contributed by atoms with Gasteiger partial charge in [-0.1, -0.05) is 18.6 Å². The summed E-state index contributed by atoms with van der Waals surface area (Å²) in [5.41, 5.74) is 2.40. The highest BCUT2D eigenvalue weighted by Gasteiger charge is 2.43. The number of carbonyl (C=O) groups is 2. The maximum atomic E-state index is 13.7. The molecule has 1 aromatic carbocycles. The number of ether oxygens (including phenoxy) is 1. The fourth-order valence-corrected chi connectivity index (χ4v) is 9.02. The minimum absolute atomic E-state index is 0.00207. The van der Waals surface area contributed by atoms with Gasteiger partial charge in [-0.25, -0.2) is 13.0 Å². The molecule has 0 fully saturated rings. The lowest BCUT2D eigenvalue weighted by Gasteiger charge is -2.30. The molecule has 19 heteroatoms. The highest BCUT2D eigenvalue weighted by molar-refractivity contribution is 7.90. The zero-order valence-corrected chi connectivity index (χ0v) is 36.2. The van der Waals surface area contributed by atoms with E-state index in [-0.39, 0.29) is 49.0 Å². The summed E-state index contributed by atoms with van der Waals surface area (Å²) < 4.78 is 104. The Morgan fingerprint density at radius 3 is 2.37 bits per heavy atom. The quantitative estimate of drug-likeness (QED) is 0.0628. The van der Waals surface area contributed by atoms with Gasteiger partial charge in [0.15, 0.2) is 0 Å². The maximum Gasteiger partial charge on any atom is 0.303 e. The van der Waals surface area contributed by atoms with Crippen LogP contribution in [0.25, 0.3) is 17.4 Å². The number of sulfone groups is 1. The third-order valence-corrected chi connectivity index (χ3v) is 12.9. The van der Waals surface area contributed by atoms with Crippen molar-refractivity contribution in [1.29, 1.82) is 0 Å². The van der Waals surface area contributed by atoms with Crippen LogP contribution in [0.2, 0.25) is 0 Å². The molecule has 324 valence electrons. The molecule has 1 aliphatic carbocycles. The van der Waals surface area contributed by atoms with Crippen LogP contribution in [0.5, 0.6) is 0 Å². The molecule has 0 radical (unpaired) electrons. The second-order valence-electron chi connectivity index (χ2n) is 14.7. The lowest BCUT2D eigenvalue weighted by Crippen LogP contribution is -2.39. The number of hydrogen-bond acceptors (Lipinski definition) is 11. The van der Waals surface area contributed by atoms with E-state index in [9.17, 15) is 43.9 Å². The fraction of sp³-hybridized carbons (Fsp3) is 0.475. The zero-order chi connectivity index (χ0) is 43.6. The summed E-state index contributed by atoms with van der Waals surface area (Å²) in [5, 5.41) is 12.6. The third kappa shape index (κ3) is 13.0. The number of carboxylic acids is 1. The van der Waals surface area contributed by atoms with Crippen molar-refractivity contribution < 1.29 is 58.2 Å². The van der Waals surface area contributed by atoms with E-state index in [1.54, 1.807) is 36.4 Å². The van der Waals surface area contributed by atoms with Crippen molar-refractivity contribution >= 4 is 53.7 Å². The first-order valence-corrected chi connectivity index (χ1v) is 24.3. The number of nitrogens with one attached hydrogen (secondary N) is 1. The molecule has 1 unspecified atom stereocenters. The number of nitrogens with zero attached hydrogens (tertiary/aromatic N) is 2. The zero-order valence-electron chi connectivity index (χ0n) is 33.7. The minimum Gasteiger partial charge on any atom is -0.481 e. The van der Waals surface area contributed by atoms with E-state index >= 15 is 0 Å². The summed E-state index contributed by atoms with van der Waals surface area (Å²) >= 11 is 0. The number of hydrogen-bond donors (Lipinski definition) is 4. The van der Waals surface area contributed by atoms with Crippen LogP contribution in [-0.2, 0) is 45.0 Å². The normalized spacial score (nSPS) is 17.2. The molecule has 59 heavy (non-hydrogen) atoms. The second-order valence-corrected chi connectivity index (χ2v) is 19.9. The number of benzene rings is 2. The van der Waals surface area contributed by atoms with Crippen LogP contribution in [0.3, 0.4) is 0 Å². The Morgan fingerprint density at radius 2 is 1.73 bits per heavy atom. The van der Waals surface area contributed by atoms with E-state index in [2.05, 4.69) is 5.32 Å². The number of aliphatic carboxylic acids is 1. The highest BCUT2D eigenvalue weighted by Crippen LogP contribution is 2.51. The van der Waals surface area contributed by atoms with Crippen molar-refractivity contribution in [3.05, 3.63) is 82.6 Å². The van der Waals surface area contributed by atoms with Crippen molar-refractivity contribution in [3.8, 4) is 11.3 Å². The number of carboxylic acid groups (broad SMARTS) is 1. The van der Waals surface area contributed by atoms with Gasteiger partial charge in [0.1, 0.15) is 34.3 Å². The number of amides is 1. The molecule has 4 rings (SSSR count). The molecule has 1 atom stereocenters. The molecular formula is C40H54N3O13S3+. The van der Waals surface area contributed by atoms with Gasteiger partial charge in [-0.3, -0.25) is 18.7 Å². The molecule has 1 aromatic rings. The van der Waals surface area contributed by atoms with E-state index in [0.29, 0.717) is 90.1 Å². The topological polar surface area (TPSA) is 238 Å². The summed E-state index contributed by atoms with van der Waals surface area (Å²) in [5.74, 6) is -1.38. The Bertz CT molecular complexity index is 2440. The van der Waals surface area contributed by atoms with Crippen molar-refractivity contribution in [2.45, 2.75) is 69.1 Å². The molecule has 2 heterocycles. The van der Waals surface area contributed by atoms with Crippen molar-refractivity contribution in [3.63, 3.8) is 0 Å². The van der Waals surface area contributed by atoms with E-state index in [1.165, 1.54) is 31.8 Å². The third-order valence-electron chi connectivity index (χ3n) is 10.2. The molecular weight excluding hydrogens is 827 g/mol. The van der Waals surface area contributed by atoms with Gasteiger partial charge in [-0.05, 0) is 87.1 Å². The number of methoxy groups -OCH3 is 1. The maximum absolute atomic E-state index is 13.7. The van der Waals surface area contributed by atoms with E-state index in [1.807, 2.05) is 29.4 Å².